The van der Waals surface area contributed by atoms with Gasteiger partial charge >= 0.3 is 5.97 Å². The van der Waals surface area contributed by atoms with E-state index in [1.165, 1.54) is 0 Å². The predicted molar refractivity (Wildman–Crippen MR) is 53.9 cm³/mol. The highest BCUT2D eigenvalue weighted by atomic mass is 32.1. The van der Waals surface area contributed by atoms with Gasteiger partial charge in [0.15, 0.2) is 0 Å². The Balaban J connectivity index is 0. The van der Waals surface area contributed by atoms with Crippen molar-refractivity contribution in [3.8, 4) is 0 Å². The Morgan fingerprint density at radius 1 is 1.82 bits per heavy atom. The first-order chi connectivity index (χ1) is 4.72. The average molecular weight is 195 g/mol. The van der Waals surface area contributed by atoms with Crippen molar-refractivity contribution in [2.24, 2.45) is 0 Å². The van der Waals surface area contributed by atoms with Crippen LogP contribution in [0, 0.1) is 0 Å². The Bertz CT molecular complexity index is 130. The minimum atomic E-state index is -0.878. The van der Waals surface area contributed by atoms with Gasteiger partial charge in [0.1, 0.15) is 6.04 Å². The fourth-order valence-corrected chi connectivity index (χ4v) is 0.741. The van der Waals surface area contributed by atoms with Gasteiger partial charge in [-0.25, -0.2) is 0 Å². The molecule has 0 aromatic heterocycles. The molecule has 0 unspecified atom stereocenters. The summed E-state index contributed by atoms with van der Waals surface area (Å²) in [6.07, 6.45) is 1.61. The van der Waals surface area contributed by atoms with Crippen LogP contribution in [0.2, 0.25) is 0 Å². The summed E-state index contributed by atoms with van der Waals surface area (Å²) < 4.78 is 0. The van der Waals surface area contributed by atoms with Crippen LogP contribution in [-0.2, 0) is 4.79 Å². The van der Waals surface area contributed by atoms with Crippen molar-refractivity contribution in [1.82, 2.24) is 5.32 Å². The zero-order valence-electron chi connectivity index (χ0n) is 6.08. The topological polar surface area (TPSA) is 49.3 Å². The standard InChI is InChI=1S/C6H11NO2S.H2S/c1-2-3-7-5(4-10)6(8)9;/h2,5,7,10H,1,3-4H2,(H,8,9);1H2/t5-;/m0./s1. The first-order valence-electron chi connectivity index (χ1n) is 2.90. The summed E-state index contributed by atoms with van der Waals surface area (Å²) in [6.45, 7) is 3.94. The van der Waals surface area contributed by atoms with Crippen molar-refractivity contribution in [3.63, 3.8) is 0 Å². The highest BCUT2D eigenvalue weighted by Crippen LogP contribution is 1.86. The van der Waals surface area contributed by atoms with E-state index in [1.54, 1.807) is 6.08 Å². The molecule has 0 saturated carbocycles. The van der Waals surface area contributed by atoms with E-state index in [2.05, 4.69) is 24.5 Å². The van der Waals surface area contributed by atoms with Crippen LogP contribution in [0.5, 0.6) is 0 Å². The molecule has 0 spiro atoms. The third kappa shape index (κ3) is 6.28. The number of carbonyl (C=O) groups is 1. The Hall–Kier alpha value is -0.130. The lowest BCUT2D eigenvalue weighted by molar-refractivity contribution is -0.138. The van der Waals surface area contributed by atoms with Crippen molar-refractivity contribution < 1.29 is 9.90 Å². The average Bonchev–Trinajstić information content (AvgIpc) is 1.89. The highest BCUT2D eigenvalue weighted by molar-refractivity contribution is 7.80. The van der Waals surface area contributed by atoms with Gasteiger partial charge in [-0.15, -0.1) is 6.58 Å². The maximum Gasteiger partial charge on any atom is 0.321 e. The molecule has 3 nitrogen and oxygen atoms in total. The van der Waals surface area contributed by atoms with E-state index in [-0.39, 0.29) is 13.5 Å². The molecule has 2 N–H and O–H groups in total. The van der Waals surface area contributed by atoms with Crippen LogP contribution >= 0.6 is 26.1 Å². The smallest absolute Gasteiger partial charge is 0.321 e. The minimum Gasteiger partial charge on any atom is -0.480 e. The molecule has 0 amide bonds. The molecule has 11 heavy (non-hydrogen) atoms. The van der Waals surface area contributed by atoms with Crippen LogP contribution in [-0.4, -0.2) is 29.4 Å². The predicted octanol–water partition coefficient (Wildman–Crippen LogP) is 0.258. The van der Waals surface area contributed by atoms with Gasteiger partial charge in [-0.1, -0.05) is 6.08 Å². The van der Waals surface area contributed by atoms with Crippen LogP contribution in [0.4, 0.5) is 0 Å². The van der Waals surface area contributed by atoms with E-state index < -0.39 is 12.0 Å². The van der Waals surface area contributed by atoms with E-state index in [4.69, 9.17) is 5.11 Å². The van der Waals surface area contributed by atoms with Gasteiger partial charge in [0.2, 0.25) is 0 Å². The van der Waals surface area contributed by atoms with Crippen molar-refractivity contribution >= 4 is 32.1 Å². The number of hydrogen-bond acceptors (Lipinski definition) is 3. The fourth-order valence-electron chi connectivity index (χ4n) is 0.456. The number of hydrogen-bond donors (Lipinski definition) is 3. The van der Waals surface area contributed by atoms with Gasteiger partial charge in [-0.3, -0.25) is 4.79 Å². The molecule has 0 aliphatic heterocycles. The number of carboxylic acid groups (broad SMARTS) is 1. The number of aliphatic carboxylic acids is 1. The molecule has 5 heteroatoms. The van der Waals surface area contributed by atoms with Gasteiger partial charge in [0, 0.05) is 12.3 Å². The molecule has 0 heterocycles. The third-order valence-corrected chi connectivity index (χ3v) is 1.35. The van der Waals surface area contributed by atoms with Gasteiger partial charge in [0.05, 0.1) is 0 Å². The Kier molecular flexibility index (Phi) is 9.75. The van der Waals surface area contributed by atoms with Crippen molar-refractivity contribution in [3.05, 3.63) is 12.7 Å². The second-order valence-electron chi connectivity index (χ2n) is 1.77. The third-order valence-electron chi connectivity index (χ3n) is 0.989. The lowest BCUT2D eigenvalue weighted by Crippen LogP contribution is -2.38. The van der Waals surface area contributed by atoms with E-state index in [0.717, 1.165) is 0 Å². The monoisotopic (exact) mass is 195 g/mol. The quantitative estimate of drug-likeness (QED) is 0.435. The molecule has 0 aliphatic rings. The summed E-state index contributed by atoms with van der Waals surface area (Å²) >= 11 is 3.85. The minimum absolute atomic E-state index is 0. The first kappa shape index (κ1) is 13.5. The fraction of sp³-hybridized carbons (Fsp3) is 0.500. The SMILES string of the molecule is C=CCN[C@@H](CS)C(=O)O.S. The molecule has 1 atom stereocenters. The highest BCUT2D eigenvalue weighted by Gasteiger charge is 2.12. The van der Waals surface area contributed by atoms with Crippen LogP contribution in [0.15, 0.2) is 12.7 Å². The molecular formula is C6H13NO2S2. The summed E-state index contributed by atoms with van der Waals surface area (Å²) in [6, 6.07) is -0.568. The van der Waals surface area contributed by atoms with Crippen molar-refractivity contribution in [2.75, 3.05) is 12.3 Å². The van der Waals surface area contributed by atoms with E-state index in [0.29, 0.717) is 12.3 Å². The van der Waals surface area contributed by atoms with Crippen molar-refractivity contribution in [1.29, 1.82) is 0 Å². The first-order valence-corrected chi connectivity index (χ1v) is 3.53. The molecule has 0 saturated heterocycles. The molecule has 66 valence electrons. The van der Waals surface area contributed by atoms with E-state index in [1.807, 2.05) is 0 Å². The van der Waals surface area contributed by atoms with E-state index >= 15 is 0 Å². The molecule has 0 bridgehead atoms. The van der Waals surface area contributed by atoms with Gasteiger partial charge < -0.3 is 10.4 Å². The number of carboxylic acids is 1. The van der Waals surface area contributed by atoms with Gasteiger partial charge in [0.25, 0.3) is 0 Å². The number of nitrogens with one attached hydrogen (secondary N) is 1. The molecule has 0 aromatic rings. The van der Waals surface area contributed by atoms with Gasteiger partial charge in [-0.05, 0) is 0 Å². The summed E-state index contributed by atoms with van der Waals surface area (Å²) in [5.41, 5.74) is 0. The van der Waals surface area contributed by atoms with Crippen molar-refractivity contribution in [2.45, 2.75) is 6.04 Å². The number of rotatable bonds is 5. The summed E-state index contributed by atoms with van der Waals surface area (Å²) in [5.74, 6) is -0.583. The molecule has 0 aromatic carbocycles. The second-order valence-corrected chi connectivity index (χ2v) is 2.14. The lowest BCUT2D eigenvalue weighted by Gasteiger charge is -2.08. The molecule has 0 aliphatic carbocycles. The normalized spacial score (nSPS) is 11.4. The molecular weight excluding hydrogens is 182 g/mol. The van der Waals surface area contributed by atoms with Crippen LogP contribution in [0.1, 0.15) is 0 Å². The zero-order valence-corrected chi connectivity index (χ0v) is 7.97. The zero-order chi connectivity index (χ0) is 7.98. The molecule has 0 radical (unpaired) electrons. The van der Waals surface area contributed by atoms with Gasteiger partial charge in [-0.2, -0.15) is 26.1 Å². The largest absolute Gasteiger partial charge is 0.480 e. The summed E-state index contributed by atoms with van der Waals surface area (Å²) in [5, 5.41) is 11.2. The number of thiol groups is 1. The maximum absolute atomic E-state index is 10.3. The van der Waals surface area contributed by atoms with Crippen LogP contribution in [0.3, 0.4) is 0 Å². The molecule has 0 fully saturated rings. The molecule has 0 rings (SSSR count). The Morgan fingerprint density at radius 2 is 2.36 bits per heavy atom. The summed E-state index contributed by atoms with van der Waals surface area (Å²) in [7, 11) is 0. The summed E-state index contributed by atoms with van der Waals surface area (Å²) in [4.78, 5) is 10.3. The second kappa shape index (κ2) is 7.97. The maximum atomic E-state index is 10.3. The Morgan fingerprint density at radius 3 is 2.64 bits per heavy atom. The van der Waals surface area contributed by atoms with E-state index in [9.17, 15) is 4.79 Å². The lowest BCUT2D eigenvalue weighted by atomic mass is 10.3. The Labute approximate surface area is 78.7 Å². The van der Waals surface area contributed by atoms with Crippen LogP contribution in [0.25, 0.3) is 0 Å². The van der Waals surface area contributed by atoms with Crippen LogP contribution < -0.4 is 5.32 Å².